The monoisotopic (exact) mass is 661 g/mol. The van der Waals surface area contributed by atoms with Gasteiger partial charge in [0.1, 0.15) is 35.8 Å². The van der Waals surface area contributed by atoms with Gasteiger partial charge in [0.2, 0.25) is 23.6 Å². The number of benzene rings is 1. The molecule has 0 fully saturated rings. The molecule has 5 amide bonds. The molecule has 13 nitrogen and oxygen atoms in total. The van der Waals surface area contributed by atoms with Gasteiger partial charge in [-0.3, -0.25) is 19.2 Å². The molecule has 0 heterocycles. The van der Waals surface area contributed by atoms with Crippen LogP contribution in [0.1, 0.15) is 81.2 Å². The summed E-state index contributed by atoms with van der Waals surface area (Å²) in [7, 11) is 1.23. The van der Waals surface area contributed by atoms with E-state index in [9.17, 15) is 28.8 Å². The van der Waals surface area contributed by atoms with E-state index in [-0.39, 0.29) is 30.6 Å². The summed E-state index contributed by atoms with van der Waals surface area (Å²) in [4.78, 5) is 78.3. The minimum atomic E-state index is -1.03. The molecule has 0 aliphatic heterocycles. The molecular weight excluding hydrogens is 606 g/mol. The third kappa shape index (κ3) is 14.0. The molecule has 1 aromatic carbocycles. The quantitative estimate of drug-likeness (QED) is 0.168. The summed E-state index contributed by atoms with van der Waals surface area (Å²) in [6.07, 6.45) is -0.378. The highest BCUT2D eigenvalue weighted by Gasteiger charge is 2.35. The summed E-state index contributed by atoms with van der Waals surface area (Å²) in [5.74, 6) is -4.05. The average Bonchev–Trinajstić information content (AvgIpc) is 2.97. The molecule has 1 aromatic rings. The van der Waals surface area contributed by atoms with E-state index >= 15 is 0 Å². The lowest BCUT2D eigenvalue weighted by Crippen LogP contribution is -2.61. The predicted molar refractivity (Wildman–Crippen MR) is 178 cm³/mol. The Kier molecular flexibility index (Phi) is 16.4. The molecule has 0 aromatic heterocycles. The van der Waals surface area contributed by atoms with Gasteiger partial charge in [-0.05, 0) is 50.5 Å². The molecule has 5 atom stereocenters. The number of carbonyl (C=O) groups excluding carboxylic acids is 6. The number of alkyl carbamates (subject to hydrolysis) is 1. The normalized spacial score (nSPS) is 14.7. The molecule has 0 radical (unpaired) electrons. The zero-order valence-corrected chi connectivity index (χ0v) is 29.7. The lowest BCUT2D eigenvalue weighted by Gasteiger charge is -2.30. The summed E-state index contributed by atoms with van der Waals surface area (Å²) in [5, 5.41) is 13.4. The second-order valence-corrected chi connectivity index (χ2v) is 13.6. The third-order valence-corrected chi connectivity index (χ3v) is 7.24. The van der Waals surface area contributed by atoms with Gasteiger partial charge in [0.05, 0.1) is 7.11 Å². The first-order valence-corrected chi connectivity index (χ1v) is 16.1. The maximum atomic E-state index is 13.4. The molecule has 0 aliphatic rings. The molecule has 264 valence electrons. The molecule has 13 heteroatoms. The van der Waals surface area contributed by atoms with Gasteiger partial charge in [-0.1, -0.05) is 78.8 Å². The lowest BCUT2D eigenvalue weighted by atomic mass is 9.99. The van der Waals surface area contributed by atoms with Gasteiger partial charge in [0.15, 0.2) is 0 Å². The SMILES string of the molecule is CC[C@@H](NC(=O)[C@@H](NC(=O)[C@@H](NC(=O)OC(C)(C)C)C(C)C)C(C)C)C(=O)N[C@H](C(=O)N[C@@H](Cc1ccccc1)C(=O)OC)C(C)C. The van der Waals surface area contributed by atoms with Crippen LogP contribution in [0.5, 0.6) is 0 Å². The van der Waals surface area contributed by atoms with Crippen molar-refractivity contribution in [2.24, 2.45) is 17.8 Å². The van der Waals surface area contributed by atoms with Gasteiger partial charge in [0.25, 0.3) is 0 Å². The van der Waals surface area contributed by atoms with E-state index in [1.807, 2.05) is 30.3 Å². The number of methoxy groups -OCH3 is 1. The van der Waals surface area contributed by atoms with Crippen molar-refractivity contribution in [1.82, 2.24) is 26.6 Å². The second-order valence-electron chi connectivity index (χ2n) is 13.6. The van der Waals surface area contributed by atoms with Crippen molar-refractivity contribution in [3.63, 3.8) is 0 Å². The Morgan fingerprint density at radius 3 is 1.49 bits per heavy atom. The van der Waals surface area contributed by atoms with Crippen LogP contribution in [0.4, 0.5) is 4.79 Å². The summed E-state index contributed by atoms with van der Waals surface area (Å²) in [6.45, 7) is 17.3. The number of carbonyl (C=O) groups is 6. The highest BCUT2D eigenvalue weighted by Crippen LogP contribution is 2.12. The van der Waals surface area contributed by atoms with Crippen LogP contribution in [0.3, 0.4) is 0 Å². The highest BCUT2D eigenvalue weighted by atomic mass is 16.6. The van der Waals surface area contributed by atoms with Crippen LogP contribution in [-0.2, 0) is 39.9 Å². The van der Waals surface area contributed by atoms with Crippen molar-refractivity contribution in [2.75, 3.05) is 7.11 Å². The van der Waals surface area contributed by atoms with Gasteiger partial charge < -0.3 is 36.1 Å². The van der Waals surface area contributed by atoms with Crippen molar-refractivity contribution in [2.45, 2.75) is 118 Å². The van der Waals surface area contributed by atoms with Crippen LogP contribution in [-0.4, -0.2) is 78.6 Å². The Labute approximate surface area is 279 Å². The van der Waals surface area contributed by atoms with Crippen LogP contribution >= 0.6 is 0 Å². The van der Waals surface area contributed by atoms with E-state index < -0.39 is 71.5 Å². The Morgan fingerprint density at radius 1 is 0.638 bits per heavy atom. The van der Waals surface area contributed by atoms with Crippen molar-refractivity contribution in [3.8, 4) is 0 Å². The maximum absolute atomic E-state index is 13.4. The maximum Gasteiger partial charge on any atom is 0.408 e. The number of rotatable bonds is 16. The zero-order chi connectivity index (χ0) is 36.1. The van der Waals surface area contributed by atoms with Crippen LogP contribution < -0.4 is 26.6 Å². The van der Waals surface area contributed by atoms with E-state index in [2.05, 4.69) is 26.6 Å². The number of hydrogen-bond donors (Lipinski definition) is 5. The van der Waals surface area contributed by atoms with Crippen LogP contribution in [0.25, 0.3) is 0 Å². The zero-order valence-electron chi connectivity index (χ0n) is 29.7. The molecular formula is C34H55N5O8. The first kappa shape index (κ1) is 40.9. The fourth-order valence-electron chi connectivity index (χ4n) is 4.60. The second kappa shape index (κ2) is 18.9. The van der Waals surface area contributed by atoms with E-state index in [0.717, 1.165) is 5.56 Å². The first-order valence-electron chi connectivity index (χ1n) is 16.1. The minimum absolute atomic E-state index is 0.191. The smallest absolute Gasteiger partial charge is 0.408 e. The summed E-state index contributed by atoms with van der Waals surface area (Å²) in [5.41, 5.74) is 0.0489. The van der Waals surface area contributed by atoms with Crippen LogP contribution in [0.15, 0.2) is 30.3 Å². The number of hydrogen-bond acceptors (Lipinski definition) is 8. The lowest BCUT2D eigenvalue weighted by molar-refractivity contribution is -0.145. The molecule has 0 unspecified atom stereocenters. The van der Waals surface area contributed by atoms with E-state index in [0.29, 0.717) is 0 Å². The molecule has 5 N–H and O–H groups in total. The van der Waals surface area contributed by atoms with Gasteiger partial charge in [0, 0.05) is 6.42 Å². The van der Waals surface area contributed by atoms with Gasteiger partial charge >= 0.3 is 12.1 Å². The van der Waals surface area contributed by atoms with E-state index in [1.165, 1.54) is 7.11 Å². The standard InChI is InChI=1S/C34H55N5O8/c1-12-23(35-29(41)26(20(4)5)38-31(43)27(21(6)7)39-33(45)47-34(8,9)10)28(40)37-25(19(2)3)30(42)36-24(32(44)46-11)18-22-16-14-13-15-17-22/h13-17,19-21,23-27H,12,18H2,1-11H3,(H,35,41)(H,36,42)(H,37,40)(H,38,43)(H,39,45)/t23-,24+,25+,26+,27+/m1/s1. The molecule has 0 saturated carbocycles. The molecule has 0 saturated heterocycles. The van der Waals surface area contributed by atoms with Crippen molar-refractivity contribution < 1.29 is 38.2 Å². The van der Waals surface area contributed by atoms with Crippen molar-refractivity contribution >= 4 is 35.7 Å². The Morgan fingerprint density at radius 2 is 1.06 bits per heavy atom. The number of ether oxygens (including phenoxy) is 2. The number of esters is 1. The fraction of sp³-hybridized carbons (Fsp3) is 0.647. The van der Waals surface area contributed by atoms with Gasteiger partial charge in [-0.25, -0.2) is 9.59 Å². The summed E-state index contributed by atoms with van der Waals surface area (Å²) < 4.78 is 10.2. The molecule has 0 aliphatic carbocycles. The molecule has 47 heavy (non-hydrogen) atoms. The predicted octanol–water partition coefficient (Wildman–Crippen LogP) is 2.61. The molecule has 0 bridgehead atoms. The van der Waals surface area contributed by atoms with E-state index in [1.54, 1.807) is 69.2 Å². The van der Waals surface area contributed by atoms with E-state index in [4.69, 9.17) is 9.47 Å². The topological polar surface area (TPSA) is 181 Å². The number of amides is 5. The first-order chi connectivity index (χ1) is 21.8. The Bertz CT molecular complexity index is 1210. The third-order valence-electron chi connectivity index (χ3n) is 7.24. The number of nitrogens with one attached hydrogen (secondary N) is 5. The summed E-state index contributed by atoms with van der Waals surface area (Å²) in [6, 6.07) is 4.08. The van der Waals surface area contributed by atoms with Gasteiger partial charge in [-0.15, -0.1) is 0 Å². The Balaban J connectivity index is 3.03. The van der Waals surface area contributed by atoms with Crippen molar-refractivity contribution in [1.29, 1.82) is 0 Å². The minimum Gasteiger partial charge on any atom is -0.467 e. The average molecular weight is 662 g/mol. The fourth-order valence-corrected chi connectivity index (χ4v) is 4.60. The van der Waals surface area contributed by atoms with Crippen molar-refractivity contribution in [3.05, 3.63) is 35.9 Å². The van der Waals surface area contributed by atoms with Crippen LogP contribution in [0.2, 0.25) is 0 Å². The van der Waals surface area contributed by atoms with Gasteiger partial charge in [-0.2, -0.15) is 0 Å². The molecule has 1 rings (SSSR count). The van der Waals surface area contributed by atoms with Crippen LogP contribution in [0, 0.1) is 17.8 Å². The largest absolute Gasteiger partial charge is 0.467 e. The Hall–Kier alpha value is -4.16. The molecule has 0 spiro atoms. The summed E-state index contributed by atoms with van der Waals surface area (Å²) >= 11 is 0. The highest BCUT2D eigenvalue weighted by molar-refractivity contribution is 5.96.